The molecule has 5 amide bonds. The van der Waals surface area contributed by atoms with E-state index < -0.39 is 68.7 Å². The van der Waals surface area contributed by atoms with Gasteiger partial charge in [-0.25, -0.2) is 22.8 Å². The van der Waals surface area contributed by atoms with Crippen LogP contribution in [0, 0.1) is 0 Å². The van der Waals surface area contributed by atoms with Gasteiger partial charge in [0, 0.05) is 38.3 Å². The number of carbonyl (C=O) groups excluding carboxylic acids is 3. The molecule has 5 aliphatic heterocycles. The lowest BCUT2D eigenvalue weighted by Gasteiger charge is -2.39. The van der Waals surface area contributed by atoms with Gasteiger partial charge in [-0.1, -0.05) is 60.8 Å². The van der Waals surface area contributed by atoms with E-state index >= 15 is 0 Å². The Kier molecular flexibility index (Phi) is 22.4. The largest absolute Gasteiger partial charge is 0.724 e. The van der Waals surface area contributed by atoms with Crippen molar-refractivity contribution in [2.75, 3.05) is 52.4 Å². The highest BCUT2D eigenvalue weighted by atomic mass is 32.3. The molecule has 4 atom stereocenters. The number of rotatable bonds is 24. The molecule has 2 aromatic rings. The van der Waals surface area contributed by atoms with Crippen LogP contribution in [0.5, 0.6) is 0 Å². The van der Waals surface area contributed by atoms with Crippen molar-refractivity contribution >= 4 is 39.0 Å². The number of quaternary nitrogens is 1. The van der Waals surface area contributed by atoms with Gasteiger partial charge in [-0.3, -0.25) is 9.45 Å². The zero-order valence-corrected chi connectivity index (χ0v) is 45.8. The van der Waals surface area contributed by atoms with Gasteiger partial charge in [0.05, 0.1) is 44.8 Å². The van der Waals surface area contributed by atoms with Gasteiger partial charge in [0.15, 0.2) is 0 Å². The minimum atomic E-state index is -5.07. The molecule has 0 unspecified atom stereocenters. The molecule has 28 heteroatoms. The average molecular weight is 1110 g/mol. The van der Waals surface area contributed by atoms with E-state index in [4.69, 9.17) is 18.1 Å². The van der Waals surface area contributed by atoms with E-state index in [1.807, 2.05) is 0 Å². The van der Waals surface area contributed by atoms with Gasteiger partial charge in [0.2, 0.25) is 34.0 Å². The third kappa shape index (κ3) is 17.4. The second-order valence-corrected chi connectivity index (χ2v) is 23.1. The van der Waals surface area contributed by atoms with Gasteiger partial charge < -0.3 is 43.0 Å². The van der Waals surface area contributed by atoms with Gasteiger partial charge in [-0.2, -0.15) is 22.8 Å². The molecular formula is C47H84N12O14S2. The van der Waals surface area contributed by atoms with Crippen molar-refractivity contribution in [2.45, 2.75) is 207 Å². The zero-order chi connectivity index (χ0) is 53.8. The fourth-order valence-electron chi connectivity index (χ4n) is 9.93. The van der Waals surface area contributed by atoms with Crippen molar-refractivity contribution in [1.29, 1.82) is 0 Å². The van der Waals surface area contributed by atoms with Gasteiger partial charge in [-0.05, 0) is 91.4 Å². The predicted octanol–water partition coefficient (Wildman–Crippen LogP) is 6.14. The molecule has 3 N–H and O–H groups in total. The van der Waals surface area contributed by atoms with Crippen LogP contribution in [0.3, 0.4) is 0 Å². The lowest BCUT2D eigenvalue weighted by molar-refractivity contribution is -0.929. The number of nitrogens with one attached hydrogen (secondary N) is 2. The first-order valence-electron chi connectivity index (χ1n) is 26.5. The lowest BCUT2D eigenvalue weighted by atomic mass is 9.92. The van der Waals surface area contributed by atoms with Crippen molar-refractivity contribution in [3.05, 3.63) is 23.6 Å². The second kappa shape index (κ2) is 27.3. The first-order valence-corrected chi connectivity index (χ1v) is 29.2. The molecule has 5 saturated heterocycles. The Morgan fingerprint density at radius 2 is 1.23 bits per heavy atom. The van der Waals surface area contributed by atoms with Gasteiger partial charge in [0.1, 0.15) is 24.2 Å². The van der Waals surface area contributed by atoms with Crippen molar-refractivity contribution in [3.63, 3.8) is 0 Å². The molecule has 7 heterocycles. The molecule has 6 aliphatic rings. The minimum Gasteiger partial charge on any atom is -0.724 e. The summed E-state index contributed by atoms with van der Waals surface area (Å²) in [4.78, 5) is 41.9. The van der Waals surface area contributed by atoms with Crippen LogP contribution in [0.4, 0.5) is 14.4 Å². The smallest absolute Gasteiger partial charge is 0.418 e. The van der Waals surface area contributed by atoms with E-state index in [2.05, 4.69) is 67.3 Å². The van der Waals surface area contributed by atoms with E-state index in [0.717, 1.165) is 32.4 Å². The summed E-state index contributed by atoms with van der Waals surface area (Å²) in [5, 5.41) is 23.8. The van der Waals surface area contributed by atoms with Crippen molar-refractivity contribution < 1.29 is 66.9 Å². The van der Waals surface area contributed by atoms with Crippen LogP contribution in [0.15, 0.2) is 8.83 Å². The molecule has 6 fully saturated rings. The number of piperidine rings is 2. The molecule has 26 nitrogen and oxygen atoms in total. The fraction of sp³-hybridized carbons (Fsp3) is 0.851. The fourth-order valence-corrected chi connectivity index (χ4v) is 10.7. The summed E-state index contributed by atoms with van der Waals surface area (Å²) in [5.74, 6) is 1.13. The number of hydroxylamine groups is 4. The number of amides is 5. The van der Waals surface area contributed by atoms with Crippen molar-refractivity contribution in [2.24, 2.45) is 0 Å². The normalized spacial score (nSPS) is 21.9. The number of ether oxygens (including phenoxy) is 1. The third-order valence-electron chi connectivity index (χ3n) is 14.2. The topological polar surface area (TPSA) is 309 Å². The van der Waals surface area contributed by atoms with Crippen molar-refractivity contribution in [1.82, 2.24) is 55.9 Å². The Bertz CT molecular complexity index is 2320. The third-order valence-corrected chi connectivity index (χ3v) is 14.9. The molecule has 428 valence electrons. The molecule has 0 spiro atoms. The molecule has 8 rings (SSSR count). The minimum absolute atomic E-state index is 0. The monoisotopic (exact) mass is 1100 g/mol. The van der Waals surface area contributed by atoms with Gasteiger partial charge in [0.25, 0.3) is 0 Å². The molecule has 1 saturated carbocycles. The van der Waals surface area contributed by atoms with E-state index in [1.54, 1.807) is 25.7 Å². The molecule has 1 aliphatic carbocycles. The Hall–Kier alpha value is -4.29. The quantitative estimate of drug-likeness (QED) is 0.0604. The number of hydrogen-bond donors (Lipinski definition) is 3. The zero-order valence-electron chi connectivity index (χ0n) is 44.2. The van der Waals surface area contributed by atoms with E-state index in [9.17, 15) is 35.8 Å². The van der Waals surface area contributed by atoms with E-state index in [1.165, 1.54) is 91.8 Å². The standard InChI is InChI=1S/C18H27N5O8S.C16H36N.C12H18N6O6S.CH4/c1-18(2,3)30-17(25)21(11-5-4-6-11)10-14-19-20-15(29-14)13-8-7-12-9-22(13)16(24)23(12)31-32(26,27)28;1-5-9-13-17(14-10-6-2,15-11-7-3)16-12-8-4;19-12-17-6-8(18(12)24-25(20,21)22)1-2-9(17)11-16-15-10(23-11)5-14-7-3-13-4-7;/h11-13H,4-10H2,1-3H3,(H,26,27,28);5-16H2,1-4H3;7-9,13-14H,1-6H2,(H,20,21,22);1H4/q;+1;;/p-1/t12-,13+;;8-,9+;/m1.1./s1. The summed E-state index contributed by atoms with van der Waals surface area (Å²) in [7, 11) is -9.83. The summed E-state index contributed by atoms with van der Waals surface area (Å²) >= 11 is 0. The number of carbonyl (C=O) groups is 3. The van der Waals surface area contributed by atoms with Crippen LogP contribution in [0.2, 0.25) is 0 Å². The second-order valence-electron chi connectivity index (χ2n) is 21.1. The van der Waals surface area contributed by atoms with Crippen LogP contribution in [-0.4, -0.2) is 176 Å². The summed E-state index contributed by atoms with van der Waals surface area (Å²) in [5.41, 5.74) is -0.640. The molecule has 4 bridgehead atoms. The summed E-state index contributed by atoms with van der Waals surface area (Å²) in [6.45, 7) is 23.2. The van der Waals surface area contributed by atoms with Gasteiger partial charge in [-0.15, -0.1) is 24.7 Å². The number of fused-ring (bicyclic) bond motifs is 4. The maximum absolute atomic E-state index is 12.7. The number of urea groups is 2. The molecular weight excluding hydrogens is 1020 g/mol. The number of nitrogens with zero attached hydrogens (tertiary/aromatic N) is 10. The Morgan fingerprint density at radius 1 is 0.760 bits per heavy atom. The van der Waals surface area contributed by atoms with E-state index in [-0.39, 0.29) is 44.9 Å². The number of hydrogen-bond acceptors (Lipinski definition) is 19. The molecule has 75 heavy (non-hydrogen) atoms. The Labute approximate surface area is 443 Å². The van der Waals surface area contributed by atoms with Crippen molar-refractivity contribution in [3.8, 4) is 0 Å². The first-order chi connectivity index (χ1) is 35.1. The van der Waals surface area contributed by atoms with Crippen LogP contribution in [0.25, 0.3) is 0 Å². The van der Waals surface area contributed by atoms with Crippen LogP contribution < -0.4 is 10.6 Å². The van der Waals surface area contributed by atoms with Crippen LogP contribution in [-0.2, 0) is 47.2 Å². The first kappa shape index (κ1) is 61.6. The van der Waals surface area contributed by atoms with Crippen LogP contribution >= 0.6 is 0 Å². The summed E-state index contributed by atoms with van der Waals surface area (Å²) in [6, 6.07) is -2.99. The Morgan fingerprint density at radius 3 is 1.63 bits per heavy atom. The Balaban J connectivity index is 0.000000217. The highest BCUT2D eigenvalue weighted by Gasteiger charge is 2.50. The maximum Gasteiger partial charge on any atom is 0.418 e. The summed E-state index contributed by atoms with van der Waals surface area (Å²) in [6.07, 6.45) is 15.2. The SMILES string of the molecule is C.CC(C)(C)OC(=O)N(Cc1nnc([C@@H]2CC[C@@H]3CN2C(=O)N3OS(=O)(=O)[O-])o1)C1CCC1.CCCC[N+](CCCC)(CCCC)CCCC.O=C1N2C[C@@H](CC[C@H]2c2nnc(CNC3CNC3)o2)N1OS(=O)(=O)O. The molecule has 0 aromatic carbocycles. The van der Waals surface area contributed by atoms with Gasteiger partial charge >= 0.3 is 28.6 Å². The molecule has 2 aromatic heterocycles. The average Bonchev–Trinajstić information content (AvgIpc) is 4.08. The highest BCUT2D eigenvalue weighted by Crippen LogP contribution is 2.40. The maximum atomic E-state index is 12.7. The predicted molar refractivity (Wildman–Crippen MR) is 270 cm³/mol. The number of unbranched alkanes of at least 4 members (excludes halogenated alkanes) is 4. The summed E-state index contributed by atoms with van der Waals surface area (Å²) < 4.78 is 90.5. The van der Waals surface area contributed by atoms with E-state index in [0.29, 0.717) is 60.2 Å². The highest BCUT2D eigenvalue weighted by molar-refractivity contribution is 7.81. The lowest BCUT2D eigenvalue weighted by Crippen LogP contribution is -2.55. The number of aromatic nitrogens is 4. The van der Waals surface area contributed by atoms with Crippen LogP contribution in [0.1, 0.15) is 188 Å². The molecule has 0 radical (unpaired) electrons.